The SMILES string of the molecule is COCCN1C(=O)C(CC(=O)N2CCC(N3Cc4ccccc4NC3=O)CC2)SC1c1ccccc1. The number of ether oxygens (including phenoxy) is 1. The van der Waals surface area contributed by atoms with Crippen molar-refractivity contribution in [3.63, 3.8) is 0 Å². The van der Waals surface area contributed by atoms with E-state index in [-0.39, 0.29) is 35.7 Å². The number of piperidine rings is 1. The number of thioether (sulfide) groups is 1. The standard InChI is InChI=1S/C27H32N4O4S/c1-35-16-15-30-25(33)23(36-26(30)19-7-3-2-4-8-19)17-24(32)29-13-11-21(12-14-29)31-18-20-9-5-6-10-22(20)28-27(31)34/h2-10,21,23,26H,11-18H2,1H3,(H,28,34). The highest BCUT2D eigenvalue weighted by atomic mass is 32.2. The van der Waals surface area contributed by atoms with Gasteiger partial charge in [-0.2, -0.15) is 0 Å². The summed E-state index contributed by atoms with van der Waals surface area (Å²) in [6, 6.07) is 17.8. The van der Waals surface area contributed by atoms with E-state index in [9.17, 15) is 14.4 Å². The largest absolute Gasteiger partial charge is 0.383 e. The van der Waals surface area contributed by atoms with Crippen LogP contribution in [0.5, 0.6) is 0 Å². The molecule has 2 saturated heterocycles. The zero-order valence-corrected chi connectivity index (χ0v) is 21.3. The maximum absolute atomic E-state index is 13.2. The summed E-state index contributed by atoms with van der Waals surface area (Å²) in [6.07, 6.45) is 1.66. The molecule has 4 amide bonds. The molecule has 0 bridgehead atoms. The van der Waals surface area contributed by atoms with Crippen LogP contribution in [0.2, 0.25) is 0 Å². The number of likely N-dealkylation sites (tertiary alicyclic amines) is 1. The van der Waals surface area contributed by atoms with Crippen LogP contribution in [-0.4, -0.2) is 77.2 Å². The van der Waals surface area contributed by atoms with Gasteiger partial charge in [-0.15, -0.1) is 11.8 Å². The monoisotopic (exact) mass is 508 g/mol. The molecule has 2 aromatic carbocycles. The number of amides is 4. The number of para-hydroxylation sites is 1. The fourth-order valence-electron chi connectivity index (χ4n) is 5.25. The Morgan fingerprint density at radius 2 is 1.78 bits per heavy atom. The van der Waals surface area contributed by atoms with Gasteiger partial charge >= 0.3 is 6.03 Å². The van der Waals surface area contributed by atoms with Gasteiger partial charge < -0.3 is 24.8 Å². The smallest absolute Gasteiger partial charge is 0.322 e. The number of carbonyl (C=O) groups is 3. The van der Waals surface area contributed by atoms with E-state index in [2.05, 4.69) is 5.32 Å². The van der Waals surface area contributed by atoms with Crippen LogP contribution in [0, 0.1) is 0 Å². The molecule has 2 aromatic rings. The Morgan fingerprint density at radius 1 is 1.06 bits per heavy atom. The highest BCUT2D eigenvalue weighted by molar-refractivity contribution is 8.01. The van der Waals surface area contributed by atoms with E-state index in [4.69, 9.17) is 4.74 Å². The number of carbonyl (C=O) groups excluding carboxylic acids is 3. The van der Waals surface area contributed by atoms with Crippen molar-refractivity contribution in [3.8, 4) is 0 Å². The molecule has 1 N–H and O–H groups in total. The van der Waals surface area contributed by atoms with Gasteiger partial charge in [-0.25, -0.2) is 4.79 Å². The van der Waals surface area contributed by atoms with E-state index in [1.807, 2.05) is 69.3 Å². The summed E-state index contributed by atoms with van der Waals surface area (Å²) in [4.78, 5) is 44.7. The van der Waals surface area contributed by atoms with Crippen molar-refractivity contribution in [1.29, 1.82) is 0 Å². The van der Waals surface area contributed by atoms with Gasteiger partial charge in [0.25, 0.3) is 0 Å². The third-order valence-corrected chi connectivity index (χ3v) is 8.72. The molecule has 5 rings (SSSR count). The van der Waals surface area contributed by atoms with Crippen molar-refractivity contribution >= 4 is 35.3 Å². The molecule has 9 heteroatoms. The Hall–Kier alpha value is -3.04. The van der Waals surface area contributed by atoms with Gasteiger partial charge in [0.15, 0.2) is 0 Å². The number of methoxy groups -OCH3 is 1. The van der Waals surface area contributed by atoms with Crippen LogP contribution in [0.25, 0.3) is 0 Å². The van der Waals surface area contributed by atoms with Gasteiger partial charge in [0.2, 0.25) is 11.8 Å². The number of fused-ring (bicyclic) bond motifs is 1. The molecule has 0 radical (unpaired) electrons. The minimum absolute atomic E-state index is 0.00204. The summed E-state index contributed by atoms with van der Waals surface area (Å²) in [5.41, 5.74) is 3.04. The number of hydrogen-bond acceptors (Lipinski definition) is 5. The number of urea groups is 1. The number of hydrogen-bond donors (Lipinski definition) is 1. The van der Waals surface area contributed by atoms with E-state index in [0.29, 0.717) is 32.8 Å². The maximum Gasteiger partial charge on any atom is 0.322 e. The molecule has 0 aliphatic carbocycles. The number of nitrogens with zero attached hydrogens (tertiary/aromatic N) is 3. The van der Waals surface area contributed by atoms with Crippen LogP contribution in [0.15, 0.2) is 54.6 Å². The van der Waals surface area contributed by atoms with E-state index in [0.717, 1.165) is 29.7 Å². The molecule has 36 heavy (non-hydrogen) atoms. The van der Waals surface area contributed by atoms with E-state index >= 15 is 0 Å². The fourth-order valence-corrected chi connectivity index (χ4v) is 6.72. The van der Waals surface area contributed by atoms with Gasteiger partial charge in [0.05, 0.1) is 11.9 Å². The van der Waals surface area contributed by atoms with E-state index < -0.39 is 5.25 Å². The van der Waals surface area contributed by atoms with Gasteiger partial charge in [0, 0.05) is 51.4 Å². The summed E-state index contributed by atoms with van der Waals surface area (Å²) < 4.78 is 5.22. The lowest BCUT2D eigenvalue weighted by Gasteiger charge is -2.40. The van der Waals surface area contributed by atoms with Crippen molar-refractivity contribution in [2.75, 3.05) is 38.7 Å². The molecule has 3 heterocycles. The normalized spacial score (nSPS) is 22.5. The molecular weight excluding hydrogens is 476 g/mol. The number of nitrogens with one attached hydrogen (secondary N) is 1. The van der Waals surface area contributed by atoms with Crippen LogP contribution in [0.4, 0.5) is 10.5 Å². The molecule has 2 fully saturated rings. The summed E-state index contributed by atoms with van der Waals surface area (Å²) in [7, 11) is 1.63. The first-order valence-corrected chi connectivity index (χ1v) is 13.4. The second-order valence-electron chi connectivity index (χ2n) is 9.44. The molecule has 0 saturated carbocycles. The van der Waals surface area contributed by atoms with E-state index in [1.165, 1.54) is 0 Å². The molecule has 0 aromatic heterocycles. The van der Waals surface area contributed by atoms with Crippen molar-refractivity contribution in [2.45, 2.75) is 42.5 Å². The fraction of sp³-hybridized carbons (Fsp3) is 0.444. The summed E-state index contributed by atoms with van der Waals surface area (Å²) in [5, 5.41) is 2.47. The van der Waals surface area contributed by atoms with Crippen molar-refractivity contribution in [1.82, 2.24) is 14.7 Å². The lowest BCUT2D eigenvalue weighted by molar-refractivity contribution is -0.137. The zero-order chi connectivity index (χ0) is 25.1. The predicted molar refractivity (Wildman–Crippen MR) is 139 cm³/mol. The minimum atomic E-state index is -0.401. The van der Waals surface area contributed by atoms with Gasteiger partial charge in [-0.3, -0.25) is 9.59 Å². The Morgan fingerprint density at radius 3 is 2.53 bits per heavy atom. The highest BCUT2D eigenvalue weighted by Crippen LogP contribution is 2.44. The third kappa shape index (κ3) is 5.08. The summed E-state index contributed by atoms with van der Waals surface area (Å²) in [6.45, 7) is 2.73. The third-order valence-electron chi connectivity index (χ3n) is 7.23. The quantitative estimate of drug-likeness (QED) is 0.617. The highest BCUT2D eigenvalue weighted by Gasteiger charge is 2.42. The second-order valence-corrected chi connectivity index (χ2v) is 10.7. The molecule has 2 unspecified atom stereocenters. The van der Waals surface area contributed by atoms with E-state index in [1.54, 1.807) is 18.9 Å². The maximum atomic E-state index is 13.2. The van der Waals surface area contributed by atoms with Crippen molar-refractivity contribution < 1.29 is 19.1 Å². The first kappa shape index (κ1) is 24.6. The van der Waals surface area contributed by atoms with Gasteiger partial charge in [0.1, 0.15) is 5.37 Å². The lowest BCUT2D eigenvalue weighted by Crippen LogP contribution is -2.51. The molecule has 3 aliphatic rings. The topological polar surface area (TPSA) is 82.2 Å². The summed E-state index contributed by atoms with van der Waals surface area (Å²) in [5.74, 6) is 0.00550. The number of rotatable bonds is 7. The predicted octanol–water partition coefficient (Wildman–Crippen LogP) is 3.70. The van der Waals surface area contributed by atoms with Gasteiger partial charge in [-0.05, 0) is 30.0 Å². The molecular formula is C27H32N4O4S. The molecule has 8 nitrogen and oxygen atoms in total. The zero-order valence-electron chi connectivity index (χ0n) is 20.5. The Balaban J connectivity index is 1.18. The summed E-state index contributed by atoms with van der Waals surface area (Å²) >= 11 is 1.55. The number of anilines is 1. The first-order chi connectivity index (χ1) is 17.5. The van der Waals surface area contributed by atoms with Crippen LogP contribution in [0.3, 0.4) is 0 Å². The second kappa shape index (κ2) is 10.9. The van der Waals surface area contributed by atoms with Crippen molar-refractivity contribution in [2.24, 2.45) is 0 Å². The average molecular weight is 509 g/mol. The first-order valence-electron chi connectivity index (χ1n) is 12.5. The minimum Gasteiger partial charge on any atom is -0.383 e. The Kier molecular flexibility index (Phi) is 7.48. The van der Waals surface area contributed by atoms with Crippen LogP contribution in [0.1, 0.15) is 35.8 Å². The molecule has 3 aliphatic heterocycles. The molecule has 190 valence electrons. The number of benzene rings is 2. The lowest BCUT2D eigenvalue weighted by atomic mass is 10.0. The molecule has 0 spiro atoms. The van der Waals surface area contributed by atoms with Crippen LogP contribution < -0.4 is 5.32 Å². The average Bonchev–Trinajstić information content (AvgIpc) is 3.22. The molecule has 2 atom stereocenters. The Labute approximate surface area is 215 Å². The van der Waals surface area contributed by atoms with Crippen LogP contribution in [-0.2, 0) is 20.9 Å². The van der Waals surface area contributed by atoms with Crippen LogP contribution >= 0.6 is 11.8 Å². The van der Waals surface area contributed by atoms with Gasteiger partial charge in [-0.1, -0.05) is 48.5 Å². The Bertz CT molecular complexity index is 1110. The van der Waals surface area contributed by atoms with Crippen molar-refractivity contribution in [3.05, 3.63) is 65.7 Å².